The first-order valence-electron chi connectivity index (χ1n) is 13.6. The maximum Gasteiger partial charge on any atom is 0.251 e. The number of methoxy groups -OCH3 is 1. The van der Waals surface area contributed by atoms with Gasteiger partial charge in [0.05, 0.1) is 57.1 Å². The van der Waals surface area contributed by atoms with Crippen molar-refractivity contribution in [3.05, 3.63) is 105 Å². The molecule has 4 rings (SSSR count). The second-order valence-electron chi connectivity index (χ2n) is 11.7. The second kappa shape index (κ2) is 12.9. The van der Waals surface area contributed by atoms with Gasteiger partial charge in [-0.3, -0.25) is 9.36 Å². The van der Waals surface area contributed by atoms with Crippen LogP contribution in [0.2, 0.25) is 10.0 Å². The van der Waals surface area contributed by atoms with Crippen LogP contribution in [0.15, 0.2) is 60.8 Å². The fraction of sp³-hybridized carbons (Fsp3) is 0.312. The van der Waals surface area contributed by atoms with Gasteiger partial charge in [0, 0.05) is 22.9 Å². The summed E-state index contributed by atoms with van der Waals surface area (Å²) in [5.41, 5.74) is 1.75. The maximum atomic E-state index is 15.2. The molecule has 1 N–H and O–H groups in total. The van der Waals surface area contributed by atoms with E-state index in [-0.39, 0.29) is 28.8 Å². The summed E-state index contributed by atoms with van der Waals surface area (Å²) in [7, 11) is 7.57. The number of amides is 1. The number of ether oxygens (including phenoxy) is 2. The Bertz CT molecular complexity index is 1590. The van der Waals surface area contributed by atoms with E-state index in [0.29, 0.717) is 39.9 Å². The van der Waals surface area contributed by atoms with Gasteiger partial charge in [-0.05, 0) is 54.1 Å². The standard InChI is InChI=1S/C32H34Cl2F2N4O3/c1-32(2,21-7-12-24(33)27(17-21)42-6)28-18-38-29(39(28)23-10-8-22(35)9-11-23)19-43-30-25(34)15-20(16-26(30)36)31(41)37-13-14-40(3,4)5/h7-12,15-18H,13-14,19H2,1-6H3/p+1. The molecule has 0 fully saturated rings. The van der Waals surface area contributed by atoms with Crippen molar-refractivity contribution < 1.29 is 27.5 Å². The summed E-state index contributed by atoms with van der Waals surface area (Å²) in [5.74, 6) is -0.856. The zero-order chi connectivity index (χ0) is 31.5. The molecule has 4 aromatic rings. The molecule has 0 aliphatic carbocycles. The van der Waals surface area contributed by atoms with Gasteiger partial charge in [-0.15, -0.1) is 0 Å². The van der Waals surface area contributed by atoms with E-state index in [9.17, 15) is 9.18 Å². The molecule has 0 unspecified atom stereocenters. The third-order valence-corrected chi connectivity index (χ3v) is 7.70. The lowest BCUT2D eigenvalue weighted by Crippen LogP contribution is -2.41. The highest BCUT2D eigenvalue weighted by atomic mass is 35.5. The fourth-order valence-corrected chi connectivity index (χ4v) is 5.04. The van der Waals surface area contributed by atoms with E-state index in [1.165, 1.54) is 18.2 Å². The van der Waals surface area contributed by atoms with Gasteiger partial charge in [0.2, 0.25) is 0 Å². The van der Waals surface area contributed by atoms with Crippen LogP contribution in [0.25, 0.3) is 5.69 Å². The van der Waals surface area contributed by atoms with Gasteiger partial charge in [-0.1, -0.05) is 43.1 Å². The number of likely N-dealkylation sites (N-methyl/N-ethyl adjacent to an activating group) is 1. The monoisotopic (exact) mass is 631 g/mol. The molecule has 0 bridgehead atoms. The summed E-state index contributed by atoms with van der Waals surface area (Å²) in [4.78, 5) is 17.2. The smallest absolute Gasteiger partial charge is 0.251 e. The molecule has 0 radical (unpaired) electrons. The Balaban J connectivity index is 1.65. The minimum Gasteiger partial charge on any atom is -0.495 e. The normalized spacial score (nSPS) is 11.9. The largest absolute Gasteiger partial charge is 0.495 e. The predicted molar refractivity (Wildman–Crippen MR) is 165 cm³/mol. The van der Waals surface area contributed by atoms with Crippen molar-refractivity contribution in [1.29, 1.82) is 0 Å². The number of nitrogens with zero attached hydrogens (tertiary/aromatic N) is 3. The quantitative estimate of drug-likeness (QED) is 0.185. The van der Waals surface area contributed by atoms with E-state index in [2.05, 4.69) is 10.3 Å². The van der Waals surface area contributed by atoms with Crippen LogP contribution in [0.1, 0.15) is 41.3 Å². The van der Waals surface area contributed by atoms with Crippen molar-refractivity contribution in [1.82, 2.24) is 14.9 Å². The van der Waals surface area contributed by atoms with Crippen molar-refractivity contribution >= 4 is 29.1 Å². The summed E-state index contributed by atoms with van der Waals surface area (Å²) >= 11 is 12.7. The van der Waals surface area contributed by atoms with Crippen molar-refractivity contribution in [3.8, 4) is 17.2 Å². The minimum absolute atomic E-state index is 0.0505. The topological polar surface area (TPSA) is 65.4 Å². The molecule has 0 aliphatic rings. The average molecular weight is 633 g/mol. The van der Waals surface area contributed by atoms with Gasteiger partial charge in [-0.2, -0.15) is 0 Å². The lowest BCUT2D eigenvalue weighted by Gasteiger charge is -2.28. The molecule has 7 nitrogen and oxygen atoms in total. The van der Waals surface area contributed by atoms with Crippen molar-refractivity contribution in [2.24, 2.45) is 0 Å². The summed E-state index contributed by atoms with van der Waals surface area (Å²) in [6.45, 7) is 4.99. The van der Waals surface area contributed by atoms with Crippen LogP contribution in [-0.4, -0.2) is 61.3 Å². The number of carbonyl (C=O) groups is 1. The van der Waals surface area contributed by atoms with Gasteiger partial charge in [-0.25, -0.2) is 13.8 Å². The first-order chi connectivity index (χ1) is 20.2. The number of aromatic nitrogens is 2. The summed E-state index contributed by atoms with van der Waals surface area (Å²) in [5, 5.41) is 3.21. The number of rotatable bonds is 11. The number of carbonyl (C=O) groups excluding carboxylic acids is 1. The van der Waals surface area contributed by atoms with Crippen LogP contribution in [0.3, 0.4) is 0 Å². The third-order valence-electron chi connectivity index (χ3n) is 7.11. The van der Waals surface area contributed by atoms with Gasteiger partial charge < -0.3 is 19.3 Å². The van der Waals surface area contributed by atoms with E-state index < -0.39 is 17.1 Å². The molecule has 0 spiro atoms. The summed E-state index contributed by atoms with van der Waals surface area (Å²) in [6.07, 6.45) is 1.70. The zero-order valence-corrected chi connectivity index (χ0v) is 26.5. The number of benzene rings is 3. The van der Waals surface area contributed by atoms with Crippen LogP contribution in [0, 0.1) is 11.6 Å². The Morgan fingerprint density at radius 1 is 1.02 bits per heavy atom. The van der Waals surface area contributed by atoms with Gasteiger partial charge >= 0.3 is 0 Å². The lowest BCUT2D eigenvalue weighted by molar-refractivity contribution is -0.869. The van der Waals surface area contributed by atoms with Crippen molar-refractivity contribution in [2.75, 3.05) is 41.3 Å². The molecule has 11 heteroatoms. The Morgan fingerprint density at radius 2 is 1.72 bits per heavy atom. The molecule has 3 aromatic carbocycles. The number of imidazole rings is 1. The predicted octanol–water partition coefficient (Wildman–Crippen LogP) is 6.81. The zero-order valence-electron chi connectivity index (χ0n) is 25.0. The average Bonchev–Trinajstić information content (AvgIpc) is 3.37. The van der Waals surface area contributed by atoms with Crippen LogP contribution < -0.4 is 14.8 Å². The molecule has 43 heavy (non-hydrogen) atoms. The number of hydrogen-bond acceptors (Lipinski definition) is 4. The Kier molecular flexibility index (Phi) is 9.69. The Labute approximate surface area is 260 Å². The highest BCUT2D eigenvalue weighted by Gasteiger charge is 2.30. The SMILES string of the molecule is COc1cc(C(C)(C)c2cnc(COc3c(F)cc(C(=O)NCC[N+](C)(C)C)cc3Cl)n2-c2ccc(F)cc2)ccc1Cl. The molecule has 1 heterocycles. The van der Waals surface area contributed by atoms with Gasteiger partial charge in [0.1, 0.15) is 18.2 Å². The number of nitrogens with one attached hydrogen (secondary N) is 1. The van der Waals surface area contributed by atoms with E-state index in [1.54, 1.807) is 31.5 Å². The summed E-state index contributed by atoms with van der Waals surface area (Å²) < 4.78 is 42.8. The van der Waals surface area contributed by atoms with Gasteiger partial charge in [0.25, 0.3) is 5.91 Å². The second-order valence-corrected chi connectivity index (χ2v) is 12.5. The Hall–Kier alpha value is -3.66. The molecular weight excluding hydrogens is 597 g/mol. The van der Waals surface area contributed by atoms with E-state index in [0.717, 1.165) is 17.3 Å². The Morgan fingerprint density at radius 3 is 2.35 bits per heavy atom. The number of hydrogen-bond donors (Lipinski definition) is 1. The lowest BCUT2D eigenvalue weighted by atomic mass is 9.81. The summed E-state index contributed by atoms with van der Waals surface area (Å²) in [6, 6.07) is 13.9. The van der Waals surface area contributed by atoms with Crippen LogP contribution in [0.5, 0.6) is 11.5 Å². The minimum atomic E-state index is -0.780. The molecule has 0 aliphatic heterocycles. The highest BCUT2D eigenvalue weighted by Crippen LogP contribution is 2.38. The molecule has 0 saturated carbocycles. The van der Waals surface area contributed by atoms with Crippen LogP contribution in [0.4, 0.5) is 8.78 Å². The molecule has 228 valence electrons. The van der Waals surface area contributed by atoms with Crippen molar-refractivity contribution in [3.63, 3.8) is 0 Å². The van der Waals surface area contributed by atoms with Crippen LogP contribution in [-0.2, 0) is 12.0 Å². The molecule has 1 amide bonds. The van der Waals surface area contributed by atoms with Crippen molar-refractivity contribution in [2.45, 2.75) is 25.9 Å². The van der Waals surface area contributed by atoms with E-state index in [4.69, 9.17) is 32.7 Å². The van der Waals surface area contributed by atoms with Crippen LogP contribution >= 0.6 is 23.2 Å². The molecule has 0 atom stereocenters. The maximum absolute atomic E-state index is 15.2. The van der Waals surface area contributed by atoms with Gasteiger partial charge in [0.15, 0.2) is 17.4 Å². The molecule has 1 aromatic heterocycles. The fourth-order valence-electron chi connectivity index (χ4n) is 4.58. The highest BCUT2D eigenvalue weighted by molar-refractivity contribution is 6.32. The van der Waals surface area contributed by atoms with E-state index in [1.807, 2.05) is 51.7 Å². The first kappa shape index (κ1) is 32.3. The van der Waals surface area contributed by atoms with E-state index >= 15 is 4.39 Å². The molecular formula is C32H35Cl2F2N4O3+. The molecule has 0 saturated heterocycles. The first-order valence-corrected chi connectivity index (χ1v) is 14.3. The third kappa shape index (κ3) is 7.47. The number of halogens is 4. The number of quaternary nitrogens is 1.